The maximum atomic E-state index is 11.0. The van der Waals surface area contributed by atoms with E-state index < -0.39 is 0 Å². The van der Waals surface area contributed by atoms with Gasteiger partial charge in [0.2, 0.25) is 0 Å². The van der Waals surface area contributed by atoms with Crippen LogP contribution in [0.4, 0.5) is 0 Å². The van der Waals surface area contributed by atoms with Gasteiger partial charge in [-0.05, 0) is 34.5 Å². The first-order valence-electron chi connectivity index (χ1n) is 4.59. The zero-order valence-electron chi connectivity index (χ0n) is 8.10. The maximum Gasteiger partial charge on any atom is 0.151 e. The van der Waals surface area contributed by atoms with Gasteiger partial charge in [-0.3, -0.25) is 4.79 Å². The van der Waals surface area contributed by atoms with Crippen LogP contribution in [0, 0.1) is 0 Å². The number of fused-ring (bicyclic) bond motifs is 1. The molecule has 15 heavy (non-hydrogen) atoms. The number of carbonyl (C=O) groups is 1. The molecule has 0 heterocycles. The van der Waals surface area contributed by atoms with Gasteiger partial charge in [0.15, 0.2) is 6.29 Å². The molecule has 0 radical (unpaired) electrons. The molecule has 2 aromatic carbocycles. The molecule has 0 aliphatic carbocycles. The summed E-state index contributed by atoms with van der Waals surface area (Å²) in [4.78, 5) is 11.0. The number of benzene rings is 2. The molecule has 0 amide bonds. The van der Waals surface area contributed by atoms with Crippen molar-refractivity contribution in [2.45, 2.75) is 0 Å². The lowest BCUT2D eigenvalue weighted by atomic mass is 10.00. The van der Waals surface area contributed by atoms with Crippen molar-refractivity contribution in [2.24, 2.45) is 0 Å². The lowest BCUT2D eigenvalue weighted by Gasteiger charge is -2.05. The average molecular weight is 198 g/mol. The van der Waals surface area contributed by atoms with Crippen LogP contribution in [-0.2, 0) is 0 Å². The highest BCUT2D eigenvalue weighted by Gasteiger charge is 2.04. The summed E-state index contributed by atoms with van der Waals surface area (Å²) in [5, 5.41) is 11.0. The highest BCUT2D eigenvalue weighted by atomic mass is 16.3. The quantitative estimate of drug-likeness (QED) is 0.753. The van der Waals surface area contributed by atoms with Crippen molar-refractivity contribution >= 4 is 23.1 Å². The van der Waals surface area contributed by atoms with E-state index in [0.717, 1.165) is 22.6 Å². The molecule has 0 spiro atoms. The predicted molar refractivity (Wildman–Crippen MR) is 61.1 cm³/mol. The number of phenols is 1. The van der Waals surface area contributed by atoms with E-state index in [4.69, 9.17) is 0 Å². The van der Waals surface area contributed by atoms with Crippen LogP contribution in [0.2, 0.25) is 0 Å². The van der Waals surface area contributed by atoms with Gasteiger partial charge in [0.25, 0.3) is 0 Å². The van der Waals surface area contributed by atoms with E-state index in [1.807, 2.05) is 12.1 Å². The number of aromatic hydroxyl groups is 1. The Kier molecular flexibility index (Phi) is 2.26. The summed E-state index contributed by atoms with van der Waals surface area (Å²) < 4.78 is 0. The van der Waals surface area contributed by atoms with Gasteiger partial charge in [-0.25, -0.2) is 0 Å². The van der Waals surface area contributed by atoms with E-state index in [2.05, 4.69) is 6.58 Å². The van der Waals surface area contributed by atoms with Crippen LogP contribution in [0.3, 0.4) is 0 Å². The monoisotopic (exact) mass is 198 g/mol. The molecule has 0 aliphatic heterocycles. The van der Waals surface area contributed by atoms with Crippen LogP contribution in [-0.4, -0.2) is 11.4 Å². The average Bonchev–Trinajstić information content (AvgIpc) is 2.27. The van der Waals surface area contributed by atoms with Crippen LogP contribution < -0.4 is 0 Å². The van der Waals surface area contributed by atoms with Gasteiger partial charge in [0.05, 0.1) is 0 Å². The fraction of sp³-hybridized carbons (Fsp3) is 0. The smallest absolute Gasteiger partial charge is 0.151 e. The molecule has 0 unspecified atom stereocenters. The van der Waals surface area contributed by atoms with Crippen molar-refractivity contribution in [1.29, 1.82) is 0 Å². The van der Waals surface area contributed by atoms with Gasteiger partial charge >= 0.3 is 0 Å². The van der Waals surface area contributed by atoms with Gasteiger partial charge in [0, 0.05) is 5.56 Å². The molecule has 0 aliphatic rings. The largest absolute Gasteiger partial charge is 0.508 e. The third-order valence-corrected chi connectivity index (χ3v) is 2.42. The Morgan fingerprint density at radius 3 is 2.67 bits per heavy atom. The van der Waals surface area contributed by atoms with Crippen LogP contribution >= 0.6 is 0 Å². The zero-order chi connectivity index (χ0) is 10.8. The molecule has 74 valence electrons. The van der Waals surface area contributed by atoms with Crippen molar-refractivity contribution in [2.75, 3.05) is 0 Å². The fourth-order valence-corrected chi connectivity index (χ4v) is 1.67. The van der Waals surface area contributed by atoms with Crippen molar-refractivity contribution in [3.05, 3.63) is 48.0 Å². The molecule has 2 heteroatoms. The Bertz CT molecular complexity index is 541. The number of rotatable bonds is 2. The first kappa shape index (κ1) is 9.46. The lowest BCUT2D eigenvalue weighted by Crippen LogP contribution is -1.88. The van der Waals surface area contributed by atoms with Gasteiger partial charge in [0.1, 0.15) is 5.75 Å². The summed E-state index contributed by atoms with van der Waals surface area (Å²) in [7, 11) is 0. The molecule has 0 atom stereocenters. The molecule has 2 rings (SSSR count). The number of aldehydes is 1. The molecule has 0 fully saturated rings. The summed E-state index contributed by atoms with van der Waals surface area (Å²) in [6.07, 6.45) is 2.46. The summed E-state index contributed by atoms with van der Waals surface area (Å²) in [5.41, 5.74) is 1.42. The Morgan fingerprint density at radius 2 is 2.00 bits per heavy atom. The topological polar surface area (TPSA) is 37.3 Å². The van der Waals surface area contributed by atoms with Gasteiger partial charge < -0.3 is 5.11 Å². The Balaban J connectivity index is 2.87. The van der Waals surface area contributed by atoms with Crippen molar-refractivity contribution < 1.29 is 9.90 Å². The minimum absolute atomic E-state index is 0.200. The number of hydrogen-bond acceptors (Lipinski definition) is 2. The standard InChI is InChI=1S/C13H10O2/c1-2-9-3-4-10-7-11(15)5-6-12(10)13(9)8-14/h2-8,15H,1H2. The van der Waals surface area contributed by atoms with Crippen molar-refractivity contribution in [3.63, 3.8) is 0 Å². The first-order chi connectivity index (χ1) is 7.26. The van der Waals surface area contributed by atoms with Crippen LogP contribution in [0.15, 0.2) is 36.9 Å². The summed E-state index contributed by atoms with van der Waals surface area (Å²) in [6, 6.07) is 8.62. The summed E-state index contributed by atoms with van der Waals surface area (Å²) in [5.74, 6) is 0.200. The number of carbonyl (C=O) groups excluding carboxylic acids is 1. The van der Waals surface area contributed by atoms with E-state index in [1.165, 1.54) is 0 Å². The Labute approximate surface area is 87.5 Å². The maximum absolute atomic E-state index is 11.0. The van der Waals surface area contributed by atoms with Crippen LogP contribution in [0.25, 0.3) is 16.8 Å². The zero-order valence-corrected chi connectivity index (χ0v) is 8.10. The third kappa shape index (κ3) is 1.50. The molecule has 2 aromatic rings. The molecular formula is C13H10O2. The summed E-state index contributed by atoms with van der Waals surface area (Å²) >= 11 is 0. The highest BCUT2D eigenvalue weighted by Crippen LogP contribution is 2.25. The molecule has 0 saturated carbocycles. The second-order valence-corrected chi connectivity index (χ2v) is 3.30. The van der Waals surface area contributed by atoms with Gasteiger partial charge in [-0.15, -0.1) is 0 Å². The van der Waals surface area contributed by atoms with E-state index >= 15 is 0 Å². The predicted octanol–water partition coefficient (Wildman–Crippen LogP) is 3.00. The third-order valence-electron chi connectivity index (χ3n) is 2.42. The van der Waals surface area contributed by atoms with Crippen molar-refractivity contribution in [3.8, 4) is 5.75 Å². The minimum Gasteiger partial charge on any atom is -0.508 e. The van der Waals surface area contributed by atoms with Crippen molar-refractivity contribution in [1.82, 2.24) is 0 Å². The Hall–Kier alpha value is -2.09. The van der Waals surface area contributed by atoms with E-state index in [0.29, 0.717) is 5.56 Å². The Morgan fingerprint density at radius 1 is 1.20 bits per heavy atom. The number of phenolic OH excluding ortho intramolecular Hbond substituents is 1. The van der Waals surface area contributed by atoms with E-state index in [9.17, 15) is 9.90 Å². The number of hydrogen-bond donors (Lipinski definition) is 1. The first-order valence-corrected chi connectivity index (χ1v) is 4.59. The fourth-order valence-electron chi connectivity index (χ4n) is 1.67. The normalized spacial score (nSPS) is 10.1. The van der Waals surface area contributed by atoms with Gasteiger partial charge in [-0.2, -0.15) is 0 Å². The molecule has 1 N–H and O–H groups in total. The lowest BCUT2D eigenvalue weighted by molar-refractivity contribution is 0.112. The highest BCUT2D eigenvalue weighted by molar-refractivity contribution is 6.01. The molecule has 0 bridgehead atoms. The SMILES string of the molecule is C=Cc1ccc2cc(O)ccc2c1C=O. The molecule has 0 saturated heterocycles. The van der Waals surface area contributed by atoms with E-state index in [1.54, 1.807) is 24.3 Å². The van der Waals surface area contributed by atoms with Crippen LogP contribution in [0.5, 0.6) is 5.75 Å². The second kappa shape index (κ2) is 3.58. The molecular weight excluding hydrogens is 188 g/mol. The summed E-state index contributed by atoms with van der Waals surface area (Å²) in [6.45, 7) is 3.66. The molecule has 2 nitrogen and oxygen atoms in total. The minimum atomic E-state index is 0.200. The van der Waals surface area contributed by atoms with Crippen LogP contribution in [0.1, 0.15) is 15.9 Å². The molecule has 0 aromatic heterocycles. The van der Waals surface area contributed by atoms with Gasteiger partial charge in [-0.1, -0.05) is 24.8 Å². The second-order valence-electron chi connectivity index (χ2n) is 3.30. The van der Waals surface area contributed by atoms with E-state index in [-0.39, 0.29) is 5.75 Å².